The summed E-state index contributed by atoms with van der Waals surface area (Å²) in [5.74, 6) is -0.508. The van der Waals surface area contributed by atoms with Crippen molar-refractivity contribution in [3.8, 4) is 0 Å². The molecule has 1 amide bonds. The number of nitrogens with zero attached hydrogens (tertiary/aromatic N) is 1. The fraction of sp³-hybridized carbons (Fsp3) is 0.950. The molecule has 1 rings (SSSR count). The number of amides is 1. The summed E-state index contributed by atoms with van der Waals surface area (Å²) in [6.07, 6.45) is 6.60. The average molecular weight is 469 g/mol. The Morgan fingerprint density at radius 2 is 1.20 bits per heavy atom. The summed E-state index contributed by atoms with van der Waals surface area (Å²) in [6.45, 7) is 9.91. The van der Waals surface area contributed by atoms with Crippen LogP contribution in [0.15, 0.2) is 0 Å². The van der Waals surface area contributed by atoms with E-state index in [4.69, 9.17) is 18.1 Å². The molecule has 0 N–H and O–H groups in total. The maximum absolute atomic E-state index is 13.9. The number of carbonyl (C=O) groups is 1. The molecule has 1 heterocycles. The van der Waals surface area contributed by atoms with Crippen molar-refractivity contribution in [3.63, 3.8) is 0 Å². The summed E-state index contributed by atoms with van der Waals surface area (Å²) >= 11 is 0. The second-order valence-electron chi connectivity index (χ2n) is 7.29. The third kappa shape index (κ3) is 5.96. The normalized spacial score (nSPS) is 17.1. The van der Waals surface area contributed by atoms with Crippen molar-refractivity contribution in [2.24, 2.45) is 0 Å². The SMILES string of the molecule is CCCCCCCCN1CCC(P(=O)(OCC)OCC)(P(=O)(OCC)OCC)C1=O. The summed E-state index contributed by atoms with van der Waals surface area (Å²) in [7, 11) is -8.26. The van der Waals surface area contributed by atoms with E-state index in [0.29, 0.717) is 13.1 Å². The van der Waals surface area contributed by atoms with Crippen molar-refractivity contribution in [1.29, 1.82) is 0 Å². The fourth-order valence-corrected chi connectivity index (χ4v) is 9.64. The zero-order valence-electron chi connectivity index (χ0n) is 19.4. The molecule has 0 aromatic rings. The lowest BCUT2D eigenvalue weighted by molar-refractivity contribution is -0.129. The van der Waals surface area contributed by atoms with Gasteiger partial charge in [-0.15, -0.1) is 0 Å². The summed E-state index contributed by atoms with van der Waals surface area (Å²) in [5, 5.41) is 0. The van der Waals surface area contributed by atoms with Gasteiger partial charge in [0.05, 0.1) is 26.4 Å². The van der Waals surface area contributed by atoms with Gasteiger partial charge >= 0.3 is 15.2 Å². The molecular weight excluding hydrogens is 428 g/mol. The van der Waals surface area contributed by atoms with Crippen molar-refractivity contribution in [2.45, 2.75) is 84.5 Å². The highest BCUT2D eigenvalue weighted by Gasteiger charge is 2.73. The molecular formula is C20H41NO7P2. The molecule has 0 aliphatic carbocycles. The first kappa shape index (κ1) is 27.8. The number of hydrogen-bond acceptors (Lipinski definition) is 7. The first-order chi connectivity index (χ1) is 14.3. The number of carbonyl (C=O) groups excluding carboxylic acids is 1. The topological polar surface area (TPSA) is 91.4 Å². The number of hydrogen-bond donors (Lipinski definition) is 0. The largest absolute Gasteiger partial charge is 0.358 e. The predicted molar refractivity (Wildman–Crippen MR) is 119 cm³/mol. The minimum absolute atomic E-state index is 0.0518. The van der Waals surface area contributed by atoms with Crippen LogP contribution in [0.3, 0.4) is 0 Å². The van der Waals surface area contributed by atoms with E-state index in [-0.39, 0.29) is 32.8 Å². The van der Waals surface area contributed by atoms with Crippen LogP contribution in [-0.2, 0) is 32.0 Å². The Hall–Kier alpha value is -0.230. The van der Waals surface area contributed by atoms with E-state index >= 15 is 0 Å². The highest BCUT2D eigenvalue weighted by atomic mass is 31.2. The standard InChI is InChI=1S/C20H41NO7P2/c1-6-11-12-13-14-15-17-21-18-16-20(19(21)22,29(23,25-7-2)26-8-3)30(24,27-9-4)28-10-5/h6-18H2,1-5H3. The molecule has 1 saturated heterocycles. The van der Waals surface area contributed by atoms with Gasteiger partial charge < -0.3 is 23.0 Å². The Bertz CT molecular complexity index is 564. The van der Waals surface area contributed by atoms with E-state index in [1.807, 2.05) is 0 Å². The van der Waals surface area contributed by atoms with E-state index in [0.717, 1.165) is 19.3 Å². The van der Waals surface area contributed by atoms with Gasteiger partial charge in [0.1, 0.15) is 0 Å². The van der Waals surface area contributed by atoms with Gasteiger partial charge in [-0.1, -0.05) is 39.0 Å². The van der Waals surface area contributed by atoms with E-state index in [1.165, 1.54) is 19.3 Å². The van der Waals surface area contributed by atoms with Crippen LogP contribution in [-0.4, -0.2) is 55.2 Å². The van der Waals surface area contributed by atoms with E-state index in [1.54, 1.807) is 32.6 Å². The summed E-state index contributed by atoms with van der Waals surface area (Å²) in [4.78, 5) is 13.3. The molecule has 0 radical (unpaired) electrons. The fourth-order valence-electron chi connectivity index (χ4n) is 3.89. The quantitative estimate of drug-likeness (QED) is 0.196. The second kappa shape index (κ2) is 13.3. The lowest BCUT2D eigenvalue weighted by Crippen LogP contribution is -2.42. The van der Waals surface area contributed by atoms with Gasteiger partial charge in [0, 0.05) is 19.5 Å². The number of unbranched alkanes of at least 4 members (excludes halogenated alkanes) is 5. The van der Waals surface area contributed by atoms with Crippen LogP contribution in [0.4, 0.5) is 0 Å². The molecule has 0 aromatic carbocycles. The van der Waals surface area contributed by atoms with Crippen molar-refractivity contribution >= 4 is 21.1 Å². The van der Waals surface area contributed by atoms with Crippen LogP contribution < -0.4 is 0 Å². The van der Waals surface area contributed by atoms with E-state index < -0.39 is 26.0 Å². The van der Waals surface area contributed by atoms with E-state index in [9.17, 15) is 13.9 Å². The van der Waals surface area contributed by atoms with E-state index in [2.05, 4.69) is 6.92 Å². The molecule has 178 valence electrons. The molecule has 0 aromatic heterocycles. The van der Waals surface area contributed by atoms with Gasteiger partial charge in [-0.05, 0) is 34.1 Å². The maximum atomic E-state index is 13.9. The molecule has 0 unspecified atom stereocenters. The molecule has 0 spiro atoms. The average Bonchev–Trinajstić information content (AvgIpc) is 3.04. The minimum Gasteiger partial charge on any atom is -0.341 e. The molecule has 0 saturated carbocycles. The zero-order chi connectivity index (χ0) is 22.7. The molecule has 1 fully saturated rings. The molecule has 30 heavy (non-hydrogen) atoms. The smallest absolute Gasteiger partial charge is 0.341 e. The lowest BCUT2D eigenvalue weighted by atomic mass is 10.1. The molecule has 0 bridgehead atoms. The Morgan fingerprint density at radius 3 is 1.63 bits per heavy atom. The number of likely N-dealkylation sites (tertiary alicyclic amines) is 1. The van der Waals surface area contributed by atoms with Crippen LogP contribution >= 0.6 is 15.2 Å². The van der Waals surface area contributed by atoms with Crippen molar-refractivity contribution in [3.05, 3.63) is 0 Å². The van der Waals surface area contributed by atoms with Crippen molar-refractivity contribution in [1.82, 2.24) is 4.90 Å². The van der Waals surface area contributed by atoms with Gasteiger partial charge in [-0.25, -0.2) is 0 Å². The Labute approximate surface area is 182 Å². The Balaban J connectivity index is 3.21. The maximum Gasteiger partial charge on any atom is 0.358 e. The Morgan fingerprint density at radius 1 is 0.767 bits per heavy atom. The van der Waals surface area contributed by atoms with Gasteiger partial charge in [0.15, 0.2) is 0 Å². The van der Waals surface area contributed by atoms with Gasteiger partial charge in [0.2, 0.25) is 0 Å². The van der Waals surface area contributed by atoms with Gasteiger partial charge in [-0.3, -0.25) is 13.9 Å². The molecule has 8 nitrogen and oxygen atoms in total. The minimum atomic E-state index is -4.13. The zero-order valence-corrected chi connectivity index (χ0v) is 21.2. The Kier molecular flexibility index (Phi) is 12.4. The van der Waals surface area contributed by atoms with Crippen LogP contribution in [0.2, 0.25) is 0 Å². The first-order valence-electron chi connectivity index (χ1n) is 11.4. The van der Waals surface area contributed by atoms with Crippen LogP contribution in [0.5, 0.6) is 0 Å². The third-order valence-corrected chi connectivity index (χ3v) is 11.7. The third-order valence-electron chi connectivity index (χ3n) is 5.24. The predicted octanol–water partition coefficient (Wildman–Crippen LogP) is 5.81. The van der Waals surface area contributed by atoms with Crippen molar-refractivity contribution < 1.29 is 32.0 Å². The highest BCUT2D eigenvalue weighted by molar-refractivity contribution is 7.76. The van der Waals surface area contributed by atoms with Crippen LogP contribution in [0.25, 0.3) is 0 Å². The van der Waals surface area contributed by atoms with Crippen LogP contribution in [0.1, 0.15) is 79.6 Å². The number of rotatable bonds is 17. The van der Waals surface area contributed by atoms with Crippen molar-refractivity contribution in [2.75, 3.05) is 39.5 Å². The molecule has 10 heteroatoms. The second-order valence-corrected chi connectivity index (χ2v) is 12.2. The lowest BCUT2D eigenvalue weighted by Gasteiger charge is -2.38. The molecule has 1 aliphatic heterocycles. The summed E-state index contributed by atoms with van der Waals surface area (Å²) < 4.78 is 50.0. The first-order valence-corrected chi connectivity index (χ1v) is 14.5. The summed E-state index contributed by atoms with van der Waals surface area (Å²) in [6, 6.07) is 0. The van der Waals surface area contributed by atoms with Gasteiger partial charge in [0.25, 0.3) is 10.8 Å². The summed E-state index contributed by atoms with van der Waals surface area (Å²) in [5.41, 5.74) is 0. The molecule has 1 aliphatic rings. The molecule has 0 atom stereocenters. The van der Waals surface area contributed by atoms with Gasteiger partial charge in [-0.2, -0.15) is 0 Å². The monoisotopic (exact) mass is 469 g/mol. The van der Waals surface area contributed by atoms with Crippen LogP contribution in [0, 0.1) is 0 Å². The highest BCUT2D eigenvalue weighted by Crippen LogP contribution is 2.80.